The minimum Gasteiger partial charge on any atom is -0.392 e. The van der Waals surface area contributed by atoms with E-state index in [1.807, 2.05) is 18.2 Å². The minimum atomic E-state index is -0.265. The van der Waals surface area contributed by atoms with Crippen LogP contribution in [0.5, 0.6) is 0 Å². The number of rotatable bonds is 4. The summed E-state index contributed by atoms with van der Waals surface area (Å²) in [5.41, 5.74) is 7.12. The van der Waals surface area contributed by atoms with Gasteiger partial charge in [-0.05, 0) is 24.3 Å². The van der Waals surface area contributed by atoms with E-state index in [-0.39, 0.29) is 17.6 Å². The van der Waals surface area contributed by atoms with E-state index in [0.29, 0.717) is 19.1 Å². The number of aliphatic hydroxyl groups is 1. The predicted molar refractivity (Wildman–Crippen MR) is 65.2 cm³/mol. The summed E-state index contributed by atoms with van der Waals surface area (Å²) < 4.78 is 5.75. The van der Waals surface area contributed by atoms with Gasteiger partial charge in [-0.25, -0.2) is 0 Å². The van der Waals surface area contributed by atoms with Crippen LogP contribution in [0.4, 0.5) is 0 Å². The molecule has 1 aromatic rings. The first-order valence-electron chi connectivity index (χ1n) is 6.28. The van der Waals surface area contributed by atoms with Crippen LogP contribution in [0.2, 0.25) is 0 Å². The Hall–Kier alpha value is -0.900. The molecule has 2 aliphatic carbocycles. The Kier molecular flexibility index (Phi) is 2.69. The van der Waals surface area contributed by atoms with E-state index in [1.54, 1.807) is 0 Å². The first-order chi connectivity index (χ1) is 8.22. The van der Waals surface area contributed by atoms with Crippen molar-refractivity contribution in [2.45, 2.75) is 31.6 Å². The first-order valence-corrected chi connectivity index (χ1v) is 6.28. The van der Waals surface area contributed by atoms with E-state index >= 15 is 0 Å². The zero-order valence-corrected chi connectivity index (χ0v) is 9.88. The number of nitrogens with two attached hydrogens (primary N) is 1. The molecule has 2 saturated carbocycles. The normalized spacial score (nSPS) is 39.1. The second-order valence-corrected chi connectivity index (χ2v) is 5.44. The summed E-state index contributed by atoms with van der Waals surface area (Å²) in [6, 6.07) is 10.3. The molecule has 3 nitrogen and oxygen atoms in total. The molecule has 0 radical (unpaired) electrons. The molecule has 3 rings (SSSR count). The molecule has 3 heteroatoms. The largest absolute Gasteiger partial charge is 0.392 e. The maximum atomic E-state index is 10.00. The highest BCUT2D eigenvalue weighted by atomic mass is 16.5. The molecule has 0 amide bonds. The third-order valence-electron chi connectivity index (χ3n) is 4.34. The molecule has 0 aliphatic heterocycles. The summed E-state index contributed by atoms with van der Waals surface area (Å²) in [6.45, 7) is 1.26. The molecule has 4 unspecified atom stereocenters. The third kappa shape index (κ3) is 1.88. The molecule has 0 heterocycles. The predicted octanol–water partition coefficient (Wildman–Crippen LogP) is 1.30. The monoisotopic (exact) mass is 233 g/mol. The Morgan fingerprint density at radius 2 is 2.12 bits per heavy atom. The molecule has 0 spiro atoms. The average molecular weight is 233 g/mol. The number of hydrogen-bond donors (Lipinski definition) is 2. The number of aliphatic hydroxyl groups excluding tert-OH is 1. The molecule has 2 fully saturated rings. The SMILES string of the molecule is NC1CC(O)C2(COCc3ccccc3)CC12. The van der Waals surface area contributed by atoms with Crippen LogP contribution in [0.15, 0.2) is 30.3 Å². The van der Waals surface area contributed by atoms with Gasteiger partial charge in [0.25, 0.3) is 0 Å². The Bertz CT molecular complexity index is 390. The van der Waals surface area contributed by atoms with Gasteiger partial charge in [0.2, 0.25) is 0 Å². The van der Waals surface area contributed by atoms with E-state index < -0.39 is 0 Å². The highest BCUT2D eigenvalue weighted by molar-refractivity contribution is 5.17. The van der Waals surface area contributed by atoms with Crippen LogP contribution in [0.25, 0.3) is 0 Å². The molecule has 0 bridgehead atoms. The summed E-state index contributed by atoms with van der Waals surface area (Å²) in [7, 11) is 0. The number of benzene rings is 1. The van der Waals surface area contributed by atoms with Gasteiger partial charge in [0, 0.05) is 11.5 Å². The van der Waals surface area contributed by atoms with Crippen molar-refractivity contribution in [3.63, 3.8) is 0 Å². The molecule has 1 aromatic carbocycles. The van der Waals surface area contributed by atoms with Crippen molar-refractivity contribution in [1.29, 1.82) is 0 Å². The smallest absolute Gasteiger partial charge is 0.0717 e. The van der Waals surface area contributed by atoms with Gasteiger partial charge in [0.15, 0.2) is 0 Å². The maximum absolute atomic E-state index is 10.00. The first kappa shape index (κ1) is 11.2. The lowest BCUT2D eigenvalue weighted by Gasteiger charge is -2.18. The van der Waals surface area contributed by atoms with Gasteiger partial charge in [-0.1, -0.05) is 30.3 Å². The molecule has 2 aliphatic rings. The van der Waals surface area contributed by atoms with Crippen molar-refractivity contribution in [2.24, 2.45) is 17.1 Å². The molecule has 0 aromatic heterocycles. The van der Waals surface area contributed by atoms with Crippen LogP contribution in [-0.4, -0.2) is 23.9 Å². The topological polar surface area (TPSA) is 55.5 Å². The Balaban J connectivity index is 1.53. The van der Waals surface area contributed by atoms with Crippen molar-refractivity contribution in [3.05, 3.63) is 35.9 Å². The van der Waals surface area contributed by atoms with Gasteiger partial charge in [-0.15, -0.1) is 0 Å². The third-order valence-corrected chi connectivity index (χ3v) is 4.34. The van der Waals surface area contributed by atoms with Crippen molar-refractivity contribution >= 4 is 0 Å². The van der Waals surface area contributed by atoms with Gasteiger partial charge < -0.3 is 15.6 Å². The van der Waals surface area contributed by atoms with E-state index in [9.17, 15) is 5.11 Å². The lowest BCUT2D eigenvalue weighted by Crippen LogP contribution is -2.25. The van der Waals surface area contributed by atoms with E-state index in [4.69, 9.17) is 10.5 Å². The summed E-state index contributed by atoms with van der Waals surface area (Å²) >= 11 is 0. The zero-order valence-electron chi connectivity index (χ0n) is 9.88. The summed E-state index contributed by atoms with van der Waals surface area (Å²) in [6.07, 6.45) is 1.50. The Labute approximate surface area is 102 Å². The summed E-state index contributed by atoms with van der Waals surface area (Å²) in [5.74, 6) is 0.480. The van der Waals surface area contributed by atoms with Gasteiger partial charge in [0.1, 0.15) is 0 Å². The molecule has 0 saturated heterocycles. The van der Waals surface area contributed by atoms with Gasteiger partial charge in [-0.2, -0.15) is 0 Å². The lowest BCUT2D eigenvalue weighted by atomic mass is 10.0. The van der Waals surface area contributed by atoms with Crippen molar-refractivity contribution < 1.29 is 9.84 Å². The van der Waals surface area contributed by atoms with Gasteiger partial charge >= 0.3 is 0 Å². The maximum Gasteiger partial charge on any atom is 0.0717 e. The van der Waals surface area contributed by atoms with Crippen LogP contribution in [-0.2, 0) is 11.3 Å². The molecular weight excluding hydrogens is 214 g/mol. The van der Waals surface area contributed by atoms with Crippen LogP contribution in [0.3, 0.4) is 0 Å². The number of ether oxygens (including phenoxy) is 1. The fourth-order valence-electron chi connectivity index (χ4n) is 3.16. The highest BCUT2D eigenvalue weighted by Crippen LogP contribution is 2.62. The summed E-state index contributed by atoms with van der Waals surface area (Å²) in [5, 5.41) is 10.00. The molecule has 92 valence electrons. The van der Waals surface area contributed by atoms with Gasteiger partial charge in [0.05, 0.1) is 19.3 Å². The van der Waals surface area contributed by atoms with Crippen LogP contribution in [0.1, 0.15) is 18.4 Å². The van der Waals surface area contributed by atoms with E-state index in [0.717, 1.165) is 12.8 Å². The lowest BCUT2D eigenvalue weighted by molar-refractivity contribution is 0.0135. The molecular formula is C14H19NO2. The molecule has 4 atom stereocenters. The summed E-state index contributed by atoms with van der Waals surface area (Å²) in [4.78, 5) is 0. The molecule has 17 heavy (non-hydrogen) atoms. The van der Waals surface area contributed by atoms with Crippen LogP contribution >= 0.6 is 0 Å². The standard InChI is InChI=1S/C14H19NO2/c15-12-6-13(16)14(7-11(12)14)9-17-8-10-4-2-1-3-5-10/h1-5,11-13,16H,6-9,15H2. The zero-order chi connectivity index (χ0) is 11.9. The minimum absolute atomic E-state index is 0.0196. The fourth-order valence-corrected chi connectivity index (χ4v) is 3.16. The second kappa shape index (κ2) is 4.09. The van der Waals surface area contributed by atoms with E-state index in [1.165, 1.54) is 5.56 Å². The van der Waals surface area contributed by atoms with Crippen molar-refractivity contribution in [1.82, 2.24) is 0 Å². The number of fused-ring (bicyclic) bond motifs is 1. The Morgan fingerprint density at radius 1 is 1.35 bits per heavy atom. The highest BCUT2D eigenvalue weighted by Gasteiger charge is 2.66. The Morgan fingerprint density at radius 3 is 2.71 bits per heavy atom. The van der Waals surface area contributed by atoms with Crippen LogP contribution in [0, 0.1) is 11.3 Å². The fraction of sp³-hybridized carbons (Fsp3) is 0.571. The number of hydrogen-bond acceptors (Lipinski definition) is 3. The van der Waals surface area contributed by atoms with Gasteiger partial charge in [-0.3, -0.25) is 0 Å². The van der Waals surface area contributed by atoms with Crippen LogP contribution < -0.4 is 5.73 Å². The second-order valence-electron chi connectivity index (χ2n) is 5.44. The van der Waals surface area contributed by atoms with E-state index in [2.05, 4.69) is 12.1 Å². The van der Waals surface area contributed by atoms with Crippen molar-refractivity contribution in [3.8, 4) is 0 Å². The average Bonchev–Trinajstić information content (AvgIpc) is 3.01. The van der Waals surface area contributed by atoms with Crippen molar-refractivity contribution in [2.75, 3.05) is 6.61 Å². The molecule has 3 N–H and O–H groups in total. The quantitative estimate of drug-likeness (QED) is 0.824.